The summed E-state index contributed by atoms with van der Waals surface area (Å²) >= 11 is 0. The first kappa shape index (κ1) is 48.5. The summed E-state index contributed by atoms with van der Waals surface area (Å²) in [5.41, 5.74) is -1.09. The van der Waals surface area contributed by atoms with Crippen LogP contribution < -0.4 is 0 Å². The summed E-state index contributed by atoms with van der Waals surface area (Å²) in [5, 5.41) is 96.7. The van der Waals surface area contributed by atoms with Crippen molar-refractivity contribution in [1.82, 2.24) is 0 Å². The normalized spacial score (nSPS) is 52.8. The summed E-state index contributed by atoms with van der Waals surface area (Å²) in [6.45, 7) is 6.78. The summed E-state index contributed by atoms with van der Waals surface area (Å²) in [4.78, 5) is 24.5. The lowest BCUT2D eigenvalue weighted by Crippen LogP contribution is -2.64. The molecule has 8 aliphatic rings. The Morgan fingerprint density at radius 2 is 1.45 bits per heavy atom. The fourth-order valence-electron chi connectivity index (χ4n) is 13.3. The van der Waals surface area contributed by atoms with E-state index < -0.39 is 134 Å². The second-order valence-electron chi connectivity index (χ2n) is 20.2. The number of fused-ring (bicyclic) bond motifs is 5. The molecule has 0 unspecified atom stereocenters. The Bertz CT molecular complexity index is 1720. The molecule has 0 spiro atoms. The molecule has 0 aromatic rings. The van der Waals surface area contributed by atoms with E-state index in [1.165, 1.54) is 20.1 Å². The van der Waals surface area contributed by atoms with Crippen molar-refractivity contribution in [2.75, 3.05) is 26.9 Å². The molecule has 4 aliphatic carbocycles. The van der Waals surface area contributed by atoms with Crippen LogP contribution in [-0.2, 0) is 52.2 Å². The molecule has 20 heteroatoms. The van der Waals surface area contributed by atoms with Gasteiger partial charge < -0.3 is 88.6 Å². The van der Waals surface area contributed by atoms with E-state index in [9.17, 15) is 55.5 Å². The number of cyclic esters (lactones) is 1. The lowest BCUT2D eigenvalue weighted by Gasteiger charge is -2.63. The van der Waals surface area contributed by atoms with Gasteiger partial charge >= 0.3 is 11.9 Å². The number of hydrogen-bond acceptors (Lipinski definition) is 20. The van der Waals surface area contributed by atoms with Gasteiger partial charge in [0.15, 0.2) is 18.9 Å². The maximum Gasteiger partial charge on any atom is 0.331 e. The molecule has 364 valence electrons. The number of rotatable bonds is 11. The number of aliphatic hydroxyl groups excluding tert-OH is 8. The van der Waals surface area contributed by atoms with Gasteiger partial charge in [-0.3, -0.25) is 4.79 Å². The van der Waals surface area contributed by atoms with Crippen LogP contribution in [0, 0.1) is 34.5 Å². The monoisotopic (exact) mass is 916 g/mol. The van der Waals surface area contributed by atoms with Gasteiger partial charge in [-0.15, -0.1) is 0 Å². The van der Waals surface area contributed by atoms with Crippen molar-refractivity contribution in [2.45, 2.75) is 189 Å². The molecular formula is C44H68O20. The fraction of sp³-hybridized carbons (Fsp3) is 0.909. The summed E-state index contributed by atoms with van der Waals surface area (Å²) in [7, 11) is 1.38. The molecule has 3 saturated heterocycles. The van der Waals surface area contributed by atoms with Gasteiger partial charge in [0.2, 0.25) is 0 Å². The Hall–Kier alpha value is -1.96. The first-order valence-corrected chi connectivity index (χ1v) is 22.8. The standard InChI is InChI=1S/C44H68O20/c1-18-37(64-40-35(52)33(50)31(48)27(63-40)17-57-16-26-30(47)32(49)34(51)39(54)62-26)38(56-5)36(53)41(59-18)61-22-8-10-42(3)21(13-22)6-7-24-23(42)9-11-43(4)29(20-12-28(46)58-15-20)25(60-19(2)45)14-44(24,43)55/h12,18,21-27,29-41,47-55H,6-11,13-17H2,1-5H3/t18-,21-,22+,23+,24-,25+,26-,27-,29-,30-,31-,32+,33+,34-,35-,36-,37-,38-,39-,40+,41+,42+,43-,44+/m1/s1. The highest BCUT2D eigenvalue weighted by molar-refractivity contribution is 5.85. The zero-order valence-electron chi connectivity index (χ0n) is 37.0. The number of methoxy groups -OCH3 is 1. The van der Waals surface area contributed by atoms with Crippen LogP contribution in [0.25, 0.3) is 0 Å². The first-order valence-electron chi connectivity index (χ1n) is 22.8. The summed E-state index contributed by atoms with van der Waals surface area (Å²) in [5.74, 6) is -0.762. The molecule has 64 heavy (non-hydrogen) atoms. The average molecular weight is 917 g/mol. The van der Waals surface area contributed by atoms with E-state index >= 15 is 0 Å². The van der Waals surface area contributed by atoms with Gasteiger partial charge in [0.1, 0.15) is 79.9 Å². The fourth-order valence-corrected chi connectivity index (χ4v) is 13.3. The summed E-state index contributed by atoms with van der Waals surface area (Å²) in [6.07, 6.45) is -15.0. The third kappa shape index (κ3) is 8.38. The minimum absolute atomic E-state index is 0.0414. The van der Waals surface area contributed by atoms with E-state index in [2.05, 4.69) is 13.8 Å². The number of carbonyl (C=O) groups excluding carboxylic acids is 2. The average Bonchev–Trinajstić information content (AvgIpc) is 3.77. The Labute approximate surface area is 371 Å². The van der Waals surface area contributed by atoms with Gasteiger partial charge in [-0.2, -0.15) is 0 Å². The molecular weight excluding hydrogens is 848 g/mol. The van der Waals surface area contributed by atoms with Crippen molar-refractivity contribution < 1.29 is 98.2 Å². The number of carbonyl (C=O) groups is 2. The van der Waals surface area contributed by atoms with Crippen LogP contribution in [0.4, 0.5) is 0 Å². The number of ether oxygens (including phenoxy) is 9. The number of esters is 2. The topological polar surface area (TPSA) is 299 Å². The molecule has 8 rings (SSSR count). The Kier molecular flexibility index (Phi) is 14.0. The van der Waals surface area contributed by atoms with Crippen LogP contribution in [-0.4, -0.2) is 195 Å². The van der Waals surface area contributed by atoms with E-state index in [1.54, 1.807) is 6.92 Å². The van der Waals surface area contributed by atoms with Crippen molar-refractivity contribution in [2.24, 2.45) is 34.5 Å². The summed E-state index contributed by atoms with van der Waals surface area (Å²) in [6, 6.07) is 0. The molecule has 9 N–H and O–H groups in total. The van der Waals surface area contributed by atoms with Crippen molar-refractivity contribution in [3.63, 3.8) is 0 Å². The second kappa shape index (κ2) is 18.5. The van der Waals surface area contributed by atoms with E-state index in [-0.39, 0.29) is 41.8 Å². The predicted octanol–water partition coefficient (Wildman–Crippen LogP) is -1.70. The van der Waals surface area contributed by atoms with Crippen LogP contribution in [0.15, 0.2) is 11.6 Å². The lowest BCUT2D eigenvalue weighted by molar-refractivity contribution is -0.363. The van der Waals surface area contributed by atoms with Gasteiger partial charge in [-0.05, 0) is 80.6 Å². The van der Waals surface area contributed by atoms with Gasteiger partial charge in [0.25, 0.3) is 0 Å². The van der Waals surface area contributed by atoms with Crippen molar-refractivity contribution in [3.8, 4) is 0 Å². The molecule has 0 aromatic heterocycles. The third-order valence-corrected chi connectivity index (χ3v) is 16.8. The molecule has 4 aliphatic heterocycles. The van der Waals surface area contributed by atoms with E-state index in [4.69, 9.17) is 42.6 Å². The van der Waals surface area contributed by atoms with E-state index in [0.717, 1.165) is 31.3 Å². The molecule has 4 saturated carbocycles. The van der Waals surface area contributed by atoms with E-state index in [1.807, 2.05) is 0 Å². The molecule has 0 radical (unpaired) electrons. The smallest absolute Gasteiger partial charge is 0.331 e. The lowest BCUT2D eigenvalue weighted by atomic mass is 9.43. The molecule has 20 nitrogen and oxygen atoms in total. The van der Waals surface area contributed by atoms with Gasteiger partial charge in [-0.25, -0.2) is 4.79 Å². The Balaban J connectivity index is 0.879. The zero-order valence-corrected chi connectivity index (χ0v) is 37.0. The predicted molar refractivity (Wildman–Crippen MR) is 214 cm³/mol. The van der Waals surface area contributed by atoms with Crippen molar-refractivity contribution in [3.05, 3.63) is 11.6 Å². The van der Waals surface area contributed by atoms with Crippen LogP contribution in [0.3, 0.4) is 0 Å². The minimum atomic E-state index is -1.78. The van der Waals surface area contributed by atoms with Crippen LogP contribution >= 0.6 is 0 Å². The molecule has 24 atom stereocenters. The molecule has 4 heterocycles. The van der Waals surface area contributed by atoms with Crippen molar-refractivity contribution in [1.29, 1.82) is 0 Å². The highest BCUT2D eigenvalue weighted by Gasteiger charge is 2.71. The number of aliphatic hydroxyl groups is 9. The summed E-state index contributed by atoms with van der Waals surface area (Å²) < 4.78 is 52.3. The minimum Gasteiger partial charge on any atom is -0.462 e. The SMILES string of the molecule is CO[C@@H]1[C@@H](O)[C@H](O[C@H]2CC[C@@]3(C)[C@H](CC[C@@H]4[C@@H]3CC[C@]3(C)[C@H](C5=CC(=O)OC5)[C@@H](OC(C)=O)C[C@]43O)C2)O[C@H](C)[C@H]1O[C@@H]1O[C@H](COC[C@H]2O[C@@H](O)[C@H](O)[C@@H](O)[C@@H]2O)[C@@H](O)[C@H](O)[C@H]1O. The maximum absolute atomic E-state index is 12.9. The zero-order chi connectivity index (χ0) is 46.2. The van der Waals surface area contributed by atoms with Gasteiger partial charge in [0, 0.05) is 37.9 Å². The molecule has 7 fully saturated rings. The van der Waals surface area contributed by atoms with E-state index in [0.29, 0.717) is 25.7 Å². The van der Waals surface area contributed by atoms with Crippen LogP contribution in [0.5, 0.6) is 0 Å². The van der Waals surface area contributed by atoms with Gasteiger partial charge in [0.05, 0.1) is 31.0 Å². The van der Waals surface area contributed by atoms with Crippen molar-refractivity contribution >= 4 is 11.9 Å². The third-order valence-electron chi connectivity index (χ3n) is 16.8. The van der Waals surface area contributed by atoms with Crippen LogP contribution in [0.1, 0.15) is 79.1 Å². The Morgan fingerprint density at radius 1 is 0.781 bits per heavy atom. The number of hydrogen-bond donors (Lipinski definition) is 9. The molecule has 0 aromatic carbocycles. The highest BCUT2D eigenvalue weighted by atomic mass is 16.7. The largest absolute Gasteiger partial charge is 0.462 e. The van der Waals surface area contributed by atoms with Crippen LogP contribution in [0.2, 0.25) is 0 Å². The highest BCUT2D eigenvalue weighted by Crippen LogP contribution is 2.70. The maximum atomic E-state index is 12.9. The Morgan fingerprint density at radius 3 is 2.11 bits per heavy atom. The molecule has 0 amide bonds. The second-order valence-corrected chi connectivity index (χ2v) is 20.2. The first-order chi connectivity index (χ1) is 30.2. The van der Waals surface area contributed by atoms with Gasteiger partial charge in [-0.1, -0.05) is 13.8 Å². The quantitative estimate of drug-likeness (QED) is 0.0825. The molecule has 0 bridgehead atoms.